The van der Waals surface area contributed by atoms with Gasteiger partial charge in [0.25, 0.3) is 0 Å². The molecule has 0 aliphatic carbocycles. The molecule has 4 aromatic carbocycles. The van der Waals surface area contributed by atoms with E-state index in [2.05, 4.69) is 28.0 Å². The van der Waals surface area contributed by atoms with Gasteiger partial charge in [-0.3, -0.25) is 4.90 Å². The molecule has 4 aromatic rings. The molecule has 1 aliphatic rings. The Morgan fingerprint density at radius 3 is 1.98 bits per heavy atom. The number of aliphatic hydroxyl groups excluding tert-OH is 2. The third-order valence-electron chi connectivity index (χ3n) is 7.81. The van der Waals surface area contributed by atoms with E-state index in [1.165, 1.54) is 0 Å². The molecule has 0 amide bonds. The monoisotopic (exact) mass is 603 g/mol. The van der Waals surface area contributed by atoms with E-state index in [-0.39, 0.29) is 12.6 Å². The predicted molar refractivity (Wildman–Crippen MR) is 167 cm³/mol. The van der Waals surface area contributed by atoms with Gasteiger partial charge in [-0.1, -0.05) is 48.0 Å². The number of nitriles is 3. The summed E-state index contributed by atoms with van der Waals surface area (Å²) in [6, 6.07) is 33.0. The highest BCUT2D eigenvalue weighted by Crippen LogP contribution is 2.35. The fourth-order valence-corrected chi connectivity index (χ4v) is 5.52. The van der Waals surface area contributed by atoms with Crippen molar-refractivity contribution in [1.82, 2.24) is 4.90 Å². The van der Waals surface area contributed by atoms with Crippen LogP contribution in [0.25, 0.3) is 0 Å². The molecule has 1 saturated heterocycles. The SMILES string of the molecule is N#Cc1ccc(C(O)COc2ccc(N3CCN(CC(O)c4ccc(C#N)cc4)C[C@H]3c3ccc(Cl)cc3)c(C#N)c2)cc1. The number of anilines is 1. The maximum absolute atomic E-state index is 11.0. The molecule has 0 radical (unpaired) electrons. The summed E-state index contributed by atoms with van der Waals surface area (Å²) >= 11 is 6.20. The van der Waals surface area contributed by atoms with Crippen LogP contribution in [0.2, 0.25) is 5.02 Å². The summed E-state index contributed by atoms with van der Waals surface area (Å²) in [5.74, 6) is 0.463. The summed E-state index contributed by atoms with van der Waals surface area (Å²) in [6.07, 6.45) is -1.61. The topological polar surface area (TPSA) is 128 Å². The van der Waals surface area contributed by atoms with Gasteiger partial charge in [-0.15, -0.1) is 0 Å². The van der Waals surface area contributed by atoms with Crippen molar-refractivity contribution in [3.05, 3.63) is 129 Å². The summed E-state index contributed by atoms with van der Waals surface area (Å²) in [4.78, 5) is 4.40. The van der Waals surface area contributed by atoms with Crippen LogP contribution in [0.5, 0.6) is 5.75 Å². The maximum atomic E-state index is 11.0. The molecule has 2 unspecified atom stereocenters. The quantitative estimate of drug-likeness (QED) is 0.251. The van der Waals surface area contributed by atoms with Crippen LogP contribution in [0.1, 0.15) is 51.6 Å². The molecule has 0 aromatic heterocycles. The van der Waals surface area contributed by atoms with E-state index < -0.39 is 12.2 Å². The molecule has 0 bridgehead atoms. The molecule has 3 atom stereocenters. The highest BCUT2D eigenvalue weighted by atomic mass is 35.5. The lowest BCUT2D eigenvalue weighted by atomic mass is 9.99. The summed E-state index contributed by atoms with van der Waals surface area (Å²) in [6.45, 7) is 2.29. The standard InChI is InChI=1S/C35H30ClN5O3/c36-30-11-9-26(10-12-30)33-21-40(22-34(42)27-5-1-24(18-37)2-6-27)15-16-41(33)32-14-13-31(17-29(32)20-39)44-23-35(43)28-7-3-25(19-38)4-8-28/h1-14,17,33-35,42-43H,15-16,21-23H2/t33-,34?,35?/m0/s1. The Balaban J connectivity index is 1.33. The molecule has 5 rings (SSSR count). The molecule has 0 saturated carbocycles. The van der Waals surface area contributed by atoms with Crippen LogP contribution in [0, 0.1) is 34.0 Å². The molecule has 1 fully saturated rings. The van der Waals surface area contributed by atoms with Gasteiger partial charge in [0.1, 0.15) is 24.5 Å². The minimum absolute atomic E-state index is 0.0102. The lowest BCUT2D eigenvalue weighted by molar-refractivity contribution is 0.100. The number of rotatable bonds is 9. The molecule has 8 nitrogen and oxygen atoms in total. The third kappa shape index (κ3) is 7.18. The molecule has 0 spiro atoms. The Labute approximate surface area is 261 Å². The predicted octanol–water partition coefficient (Wildman–Crippen LogP) is 5.66. The number of hydrogen-bond acceptors (Lipinski definition) is 8. The average molecular weight is 604 g/mol. The molecule has 220 valence electrons. The van der Waals surface area contributed by atoms with Crippen molar-refractivity contribution in [3.63, 3.8) is 0 Å². The molecular formula is C35H30ClN5O3. The molecular weight excluding hydrogens is 574 g/mol. The van der Waals surface area contributed by atoms with Crippen LogP contribution in [-0.2, 0) is 0 Å². The largest absolute Gasteiger partial charge is 0.490 e. The fourth-order valence-electron chi connectivity index (χ4n) is 5.39. The summed E-state index contributed by atoms with van der Waals surface area (Å²) in [7, 11) is 0. The van der Waals surface area contributed by atoms with E-state index in [4.69, 9.17) is 26.9 Å². The number of ether oxygens (including phenoxy) is 1. The minimum atomic E-state index is -0.894. The van der Waals surface area contributed by atoms with Gasteiger partial charge in [-0.25, -0.2) is 0 Å². The van der Waals surface area contributed by atoms with E-state index in [0.29, 0.717) is 59.2 Å². The van der Waals surface area contributed by atoms with Gasteiger partial charge < -0.3 is 19.8 Å². The summed E-state index contributed by atoms with van der Waals surface area (Å²) in [5, 5.41) is 50.4. The molecule has 9 heteroatoms. The first kappa shape index (κ1) is 30.6. The maximum Gasteiger partial charge on any atom is 0.120 e. The van der Waals surface area contributed by atoms with Gasteiger partial charge in [0.2, 0.25) is 0 Å². The number of piperazine rings is 1. The zero-order valence-electron chi connectivity index (χ0n) is 23.8. The number of nitrogens with zero attached hydrogens (tertiary/aromatic N) is 5. The number of β-amino-alcohol motifs (C(OH)–C–C–N with tert-alkyl or cyclic N) is 1. The second-order valence-electron chi connectivity index (χ2n) is 10.6. The first-order valence-electron chi connectivity index (χ1n) is 14.2. The lowest BCUT2D eigenvalue weighted by Crippen LogP contribution is -2.49. The smallest absolute Gasteiger partial charge is 0.120 e. The van der Waals surface area contributed by atoms with E-state index in [0.717, 1.165) is 16.8 Å². The summed E-state index contributed by atoms with van der Waals surface area (Å²) in [5.41, 5.74) is 4.68. The van der Waals surface area contributed by atoms with Crippen molar-refractivity contribution < 1.29 is 14.9 Å². The Bertz CT molecular complexity index is 1710. The van der Waals surface area contributed by atoms with Crippen molar-refractivity contribution in [1.29, 1.82) is 15.8 Å². The Morgan fingerprint density at radius 1 is 0.773 bits per heavy atom. The fraction of sp³-hybridized carbons (Fsp3) is 0.229. The molecule has 1 aliphatic heterocycles. The number of halogens is 1. The highest BCUT2D eigenvalue weighted by Gasteiger charge is 2.31. The van der Waals surface area contributed by atoms with Gasteiger partial charge in [0.15, 0.2) is 0 Å². The third-order valence-corrected chi connectivity index (χ3v) is 8.06. The van der Waals surface area contributed by atoms with Crippen LogP contribution in [0.3, 0.4) is 0 Å². The number of aliphatic hydroxyl groups is 2. The van der Waals surface area contributed by atoms with Crippen LogP contribution in [-0.4, -0.2) is 47.9 Å². The van der Waals surface area contributed by atoms with Crippen molar-refractivity contribution in [3.8, 4) is 24.0 Å². The summed E-state index contributed by atoms with van der Waals surface area (Å²) < 4.78 is 5.85. The lowest BCUT2D eigenvalue weighted by Gasteiger charge is -2.44. The first-order chi connectivity index (χ1) is 21.4. The van der Waals surface area contributed by atoms with Crippen molar-refractivity contribution in [2.45, 2.75) is 18.2 Å². The van der Waals surface area contributed by atoms with E-state index in [1.807, 2.05) is 30.3 Å². The second kappa shape index (κ2) is 14.1. The second-order valence-corrected chi connectivity index (χ2v) is 11.1. The Hall–Kier alpha value is -4.88. The van der Waals surface area contributed by atoms with Crippen LogP contribution in [0.4, 0.5) is 5.69 Å². The van der Waals surface area contributed by atoms with Crippen molar-refractivity contribution in [2.24, 2.45) is 0 Å². The van der Waals surface area contributed by atoms with Crippen molar-refractivity contribution in [2.75, 3.05) is 37.7 Å². The van der Waals surface area contributed by atoms with Gasteiger partial charge in [-0.05, 0) is 71.3 Å². The van der Waals surface area contributed by atoms with Crippen LogP contribution >= 0.6 is 11.6 Å². The van der Waals surface area contributed by atoms with E-state index in [1.54, 1.807) is 60.7 Å². The molecule has 1 heterocycles. The number of benzene rings is 4. The van der Waals surface area contributed by atoms with Crippen LogP contribution in [0.15, 0.2) is 91.0 Å². The Kier molecular flexibility index (Phi) is 9.77. The Morgan fingerprint density at radius 2 is 1.39 bits per heavy atom. The normalized spacial score (nSPS) is 16.3. The van der Waals surface area contributed by atoms with Gasteiger partial charge in [0.05, 0.1) is 46.7 Å². The van der Waals surface area contributed by atoms with Crippen LogP contribution < -0.4 is 9.64 Å². The molecule has 44 heavy (non-hydrogen) atoms. The van der Waals surface area contributed by atoms with Gasteiger partial charge in [-0.2, -0.15) is 15.8 Å². The van der Waals surface area contributed by atoms with Gasteiger partial charge >= 0.3 is 0 Å². The minimum Gasteiger partial charge on any atom is -0.490 e. The van der Waals surface area contributed by atoms with Crippen molar-refractivity contribution >= 4 is 17.3 Å². The average Bonchev–Trinajstić information content (AvgIpc) is 3.07. The highest BCUT2D eigenvalue weighted by molar-refractivity contribution is 6.30. The zero-order chi connectivity index (χ0) is 31.1. The van der Waals surface area contributed by atoms with Gasteiger partial charge in [0, 0.05) is 31.2 Å². The van der Waals surface area contributed by atoms with E-state index in [9.17, 15) is 15.5 Å². The van der Waals surface area contributed by atoms with E-state index >= 15 is 0 Å². The first-order valence-corrected chi connectivity index (χ1v) is 14.5. The number of hydrogen-bond donors (Lipinski definition) is 2. The zero-order valence-corrected chi connectivity index (χ0v) is 24.6. The molecule has 2 N–H and O–H groups in total.